The fourth-order valence-electron chi connectivity index (χ4n) is 4.88. The van der Waals surface area contributed by atoms with E-state index in [9.17, 15) is 9.59 Å². The Bertz CT molecular complexity index is 1430. The molecule has 2 aromatic heterocycles. The molecule has 10 heteroatoms. The summed E-state index contributed by atoms with van der Waals surface area (Å²) in [7, 11) is 1.57. The highest BCUT2D eigenvalue weighted by molar-refractivity contribution is 6.07. The summed E-state index contributed by atoms with van der Waals surface area (Å²) in [6.45, 7) is 13.3. The van der Waals surface area contributed by atoms with Gasteiger partial charge in [0.05, 0.1) is 18.7 Å². The molecule has 4 rings (SSSR count). The van der Waals surface area contributed by atoms with Crippen molar-refractivity contribution in [3.63, 3.8) is 0 Å². The first kappa shape index (κ1) is 31.6. The number of methoxy groups -OCH3 is 1. The first-order valence-electron chi connectivity index (χ1n) is 14.6. The normalized spacial score (nSPS) is 15.1. The van der Waals surface area contributed by atoms with Crippen molar-refractivity contribution >= 4 is 23.5 Å². The molecular weight excluding hydrogens is 546 g/mol. The lowest BCUT2D eigenvalue weighted by atomic mass is 9.86. The van der Waals surface area contributed by atoms with Crippen LogP contribution in [0.1, 0.15) is 75.9 Å². The predicted molar refractivity (Wildman–Crippen MR) is 167 cm³/mol. The second-order valence-electron chi connectivity index (χ2n) is 12.7. The van der Waals surface area contributed by atoms with Gasteiger partial charge < -0.3 is 29.7 Å². The number of nitrogens with zero attached hydrogens (tertiary/aromatic N) is 3. The minimum Gasteiger partial charge on any atom is -0.491 e. The number of hydrogen-bond donors (Lipinski definition) is 2. The van der Waals surface area contributed by atoms with Crippen LogP contribution in [0.15, 0.2) is 54.9 Å². The SMILES string of the molecule is COc1cc(CNc2ncccc2C(=O)Nc2ccc(C(C)(C)C)c(OCC3CCCN3C(=O)OC(C)(C)C)c2)ccn1. The van der Waals surface area contributed by atoms with Gasteiger partial charge >= 0.3 is 6.09 Å². The van der Waals surface area contributed by atoms with Gasteiger partial charge in [-0.2, -0.15) is 0 Å². The number of aromatic nitrogens is 2. The zero-order valence-electron chi connectivity index (χ0n) is 26.2. The number of likely N-dealkylation sites (tertiary alicyclic amines) is 1. The standard InChI is InChI=1S/C33H43N5O5/c1-32(2,3)26-13-12-23(19-27(26)42-21-24-10-9-17-38(24)31(40)43-33(4,5)6)37-30(39)25-11-8-15-35-29(25)36-20-22-14-16-34-28(18-22)41-7/h8,11-16,18-19,24H,9-10,17,20-21H2,1-7H3,(H,35,36)(H,37,39). The molecule has 1 aliphatic heterocycles. The molecule has 1 aliphatic rings. The van der Waals surface area contributed by atoms with Gasteiger partial charge in [0.25, 0.3) is 5.91 Å². The van der Waals surface area contributed by atoms with E-state index in [1.165, 1.54) is 0 Å². The summed E-state index contributed by atoms with van der Waals surface area (Å²) < 4.78 is 17.2. The van der Waals surface area contributed by atoms with Crippen LogP contribution in [0.5, 0.6) is 11.6 Å². The van der Waals surface area contributed by atoms with Crippen LogP contribution in [0.4, 0.5) is 16.3 Å². The van der Waals surface area contributed by atoms with Crippen LogP contribution in [0.3, 0.4) is 0 Å². The third-order valence-electron chi connectivity index (χ3n) is 7.00. The van der Waals surface area contributed by atoms with Gasteiger partial charge in [-0.1, -0.05) is 26.8 Å². The lowest BCUT2D eigenvalue weighted by molar-refractivity contribution is 0.0186. The van der Waals surface area contributed by atoms with Crippen LogP contribution >= 0.6 is 0 Å². The Balaban J connectivity index is 1.48. The van der Waals surface area contributed by atoms with Crippen molar-refractivity contribution in [1.82, 2.24) is 14.9 Å². The number of anilines is 2. The van der Waals surface area contributed by atoms with Crippen molar-refractivity contribution in [3.8, 4) is 11.6 Å². The average molecular weight is 590 g/mol. The van der Waals surface area contributed by atoms with Gasteiger partial charge in [-0.05, 0) is 74.4 Å². The van der Waals surface area contributed by atoms with Gasteiger partial charge in [0, 0.05) is 43.3 Å². The maximum absolute atomic E-state index is 13.4. The molecule has 3 heterocycles. The number of ether oxygens (including phenoxy) is 3. The summed E-state index contributed by atoms with van der Waals surface area (Å²) in [6.07, 6.45) is 4.72. The van der Waals surface area contributed by atoms with E-state index in [1.54, 1.807) is 36.5 Å². The van der Waals surface area contributed by atoms with Crippen molar-refractivity contribution in [2.75, 3.05) is 30.9 Å². The fraction of sp³-hybridized carbons (Fsp3) is 0.455. The first-order valence-corrected chi connectivity index (χ1v) is 14.6. The molecule has 2 N–H and O–H groups in total. The Morgan fingerprint density at radius 2 is 1.81 bits per heavy atom. The largest absolute Gasteiger partial charge is 0.491 e. The zero-order chi connectivity index (χ0) is 31.2. The predicted octanol–water partition coefficient (Wildman–Crippen LogP) is 6.43. The number of carbonyl (C=O) groups excluding carboxylic acids is 2. The Hall–Kier alpha value is -4.34. The van der Waals surface area contributed by atoms with Crippen LogP contribution in [-0.4, -0.2) is 58.8 Å². The van der Waals surface area contributed by atoms with Gasteiger partial charge in [-0.25, -0.2) is 14.8 Å². The van der Waals surface area contributed by atoms with E-state index in [1.807, 2.05) is 51.1 Å². The summed E-state index contributed by atoms with van der Waals surface area (Å²) in [4.78, 5) is 36.5. The molecule has 1 fully saturated rings. The monoisotopic (exact) mass is 589 g/mol. The molecule has 1 atom stereocenters. The van der Waals surface area contributed by atoms with Crippen molar-refractivity contribution in [1.29, 1.82) is 0 Å². The van der Waals surface area contributed by atoms with E-state index >= 15 is 0 Å². The maximum atomic E-state index is 13.4. The number of pyridine rings is 2. The second kappa shape index (κ2) is 13.3. The number of carbonyl (C=O) groups is 2. The molecule has 3 aromatic rings. The molecule has 43 heavy (non-hydrogen) atoms. The molecular formula is C33H43N5O5. The van der Waals surface area contributed by atoms with Crippen molar-refractivity contribution < 1.29 is 23.8 Å². The summed E-state index contributed by atoms with van der Waals surface area (Å²) >= 11 is 0. The number of benzene rings is 1. The Kier molecular flexibility index (Phi) is 9.78. The third-order valence-corrected chi connectivity index (χ3v) is 7.00. The molecule has 10 nitrogen and oxygen atoms in total. The molecule has 1 aromatic carbocycles. The molecule has 0 bridgehead atoms. The van der Waals surface area contributed by atoms with E-state index in [2.05, 4.69) is 41.4 Å². The molecule has 230 valence electrons. The Morgan fingerprint density at radius 1 is 1.02 bits per heavy atom. The highest BCUT2D eigenvalue weighted by Gasteiger charge is 2.33. The van der Waals surface area contributed by atoms with Crippen molar-refractivity contribution in [3.05, 3.63) is 71.5 Å². The van der Waals surface area contributed by atoms with Gasteiger partial charge in [-0.15, -0.1) is 0 Å². The number of hydrogen-bond acceptors (Lipinski definition) is 8. The lowest BCUT2D eigenvalue weighted by Crippen LogP contribution is -2.42. The molecule has 0 radical (unpaired) electrons. The smallest absolute Gasteiger partial charge is 0.410 e. The quantitative estimate of drug-likeness (QED) is 0.294. The van der Waals surface area contributed by atoms with E-state index < -0.39 is 5.60 Å². The highest BCUT2D eigenvalue weighted by atomic mass is 16.6. The van der Waals surface area contributed by atoms with Crippen LogP contribution in [0.25, 0.3) is 0 Å². The van der Waals surface area contributed by atoms with Crippen molar-refractivity contribution in [2.24, 2.45) is 0 Å². The summed E-state index contributed by atoms with van der Waals surface area (Å²) in [6, 6.07) is 12.8. The lowest BCUT2D eigenvalue weighted by Gasteiger charge is -2.29. The molecule has 0 saturated carbocycles. The Morgan fingerprint density at radius 3 is 2.53 bits per heavy atom. The van der Waals surface area contributed by atoms with Crippen LogP contribution in [0.2, 0.25) is 0 Å². The van der Waals surface area contributed by atoms with Gasteiger partial charge in [0.15, 0.2) is 0 Å². The molecule has 2 amide bonds. The molecule has 1 unspecified atom stereocenters. The average Bonchev–Trinajstić information content (AvgIpc) is 3.43. The maximum Gasteiger partial charge on any atom is 0.410 e. The van der Waals surface area contributed by atoms with Crippen LogP contribution in [-0.2, 0) is 16.7 Å². The minimum atomic E-state index is -0.562. The number of amides is 2. The Labute approximate surface area is 254 Å². The van der Waals surface area contributed by atoms with E-state index in [4.69, 9.17) is 14.2 Å². The molecule has 1 saturated heterocycles. The molecule has 0 spiro atoms. The highest BCUT2D eigenvalue weighted by Crippen LogP contribution is 2.34. The summed E-state index contributed by atoms with van der Waals surface area (Å²) in [5.41, 5.74) is 2.18. The first-order chi connectivity index (χ1) is 20.3. The van der Waals surface area contributed by atoms with Crippen molar-refractivity contribution in [2.45, 2.75) is 78.0 Å². The van der Waals surface area contributed by atoms with Gasteiger partial charge in [-0.3, -0.25) is 4.79 Å². The molecule has 0 aliphatic carbocycles. The summed E-state index contributed by atoms with van der Waals surface area (Å²) in [5.74, 6) is 1.34. The van der Waals surface area contributed by atoms with Crippen LogP contribution < -0.4 is 20.1 Å². The number of nitrogens with one attached hydrogen (secondary N) is 2. The van der Waals surface area contributed by atoms with E-state index in [0.717, 1.165) is 24.0 Å². The van der Waals surface area contributed by atoms with E-state index in [-0.39, 0.29) is 23.5 Å². The zero-order valence-corrected chi connectivity index (χ0v) is 26.2. The van der Waals surface area contributed by atoms with E-state index in [0.29, 0.717) is 48.4 Å². The summed E-state index contributed by atoms with van der Waals surface area (Å²) in [5, 5.41) is 6.25. The topological polar surface area (TPSA) is 115 Å². The van der Waals surface area contributed by atoms with Crippen LogP contribution in [0, 0.1) is 0 Å². The minimum absolute atomic E-state index is 0.0923. The third kappa shape index (κ3) is 8.59. The second-order valence-corrected chi connectivity index (χ2v) is 12.7. The number of rotatable bonds is 9. The van der Waals surface area contributed by atoms with Gasteiger partial charge in [0.2, 0.25) is 5.88 Å². The van der Waals surface area contributed by atoms with Gasteiger partial charge in [0.1, 0.15) is 23.8 Å². The fourth-order valence-corrected chi connectivity index (χ4v) is 4.88.